The molecule has 0 atom stereocenters. The van der Waals surface area contributed by atoms with Gasteiger partial charge in [-0.25, -0.2) is 6.08 Å². The van der Waals surface area contributed by atoms with E-state index >= 15 is 0 Å². The molecular weight excluding hydrogens is 95.0 g/mol. The average Bonchev–Trinajstić information content (AvgIpc) is 1.84. The predicted octanol–water partition coefficient (Wildman–Crippen LogP) is -1.49. The number of hydrogen-bond donors (Lipinski definition) is 0. The van der Waals surface area contributed by atoms with Crippen LogP contribution >= 0.6 is 0 Å². The topological polar surface area (TPSA) is 9.23 Å². The molecule has 0 saturated carbocycles. The molecule has 0 spiro atoms. The molecule has 0 aliphatic carbocycles. The second kappa shape index (κ2) is 2.62. The Labute approximate surface area is 62.3 Å². The third-order valence-corrected chi connectivity index (χ3v) is 1.01. The summed E-state index contributed by atoms with van der Waals surface area (Å²) < 4.78 is 5.03. The van der Waals surface area contributed by atoms with Crippen molar-refractivity contribution in [1.82, 2.24) is 0 Å². The molecule has 1 nitrogen and oxygen atoms in total. The van der Waals surface area contributed by atoms with Gasteiger partial charge in [0.15, 0.2) is 0 Å². The van der Waals surface area contributed by atoms with E-state index < -0.39 is 0 Å². The first-order chi connectivity index (χ1) is 3.21. The van der Waals surface area contributed by atoms with E-state index in [1.54, 1.807) is 0 Å². The van der Waals surface area contributed by atoms with E-state index in [2.05, 4.69) is 6.26 Å². The van der Waals surface area contributed by atoms with Crippen molar-refractivity contribution in [2.24, 2.45) is 0 Å². The second-order valence-corrected chi connectivity index (χ2v) is 2.39. The van der Waals surface area contributed by atoms with Crippen molar-refractivity contribution < 1.29 is 23.6 Å². The van der Waals surface area contributed by atoms with Crippen LogP contribution in [0.3, 0.4) is 0 Å². The van der Waals surface area contributed by atoms with Gasteiger partial charge in [0.1, 0.15) is 0 Å². The van der Waals surface area contributed by atoms with Gasteiger partial charge >= 0.3 is 18.9 Å². The third-order valence-electron chi connectivity index (χ3n) is 1.01. The van der Waals surface area contributed by atoms with Gasteiger partial charge in [-0.2, -0.15) is 0 Å². The monoisotopic (exact) mass is 104 g/mol. The van der Waals surface area contributed by atoms with E-state index in [1.165, 1.54) is 0 Å². The van der Waals surface area contributed by atoms with E-state index in [-0.39, 0.29) is 24.5 Å². The van der Waals surface area contributed by atoms with Crippen LogP contribution in [0.15, 0.2) is 6.08 Å². The molecule has 0 aromatic carbocycles. The molecule has 1 heterocycles. The van der Waals surface area contributed by atoms with E-state index in [9.17, 15) is 0 Å². The summed E-state index contributed by atoms with van der Waals surface area (Å²) in [6.07, 6.45) is 5.60. The molecule has 0 fully saturated rings. The molecule has 40 valence electrons. The molecule has 0 unspecified atom stereocenters. The normalized spacial score (nSPS) is 21.8. The fraction of sp³-hybridized carbons (Fsp3) is 0.667. The van der Waals surface area contributed by atoms with Crippen LogP contribution in [-0.2, 0) is 4.74 Å². The first-order valence-corrected chi connectivity index (χ1v) is 2.46. The van der Waals surface area contributed by atoms with Gasteiger partial charge < -0.3 is 11.0 Å². The van der Waals surface area contributed by atoms with Crippen LogP contribution in [0, 0.1) is 6.26 Å². The van der Waals surface area contributed by atoms with Gasteiger partial charge in [-0.15, -0.1) is 0 Å². The largest absolute Gasteiger partial charge is 1.00 e. The van der Waals surface area contributed by atoms with Crippen molar-refractivity contribution in [2.75, 3.05) is 0 Å². The molecular formula is C6H9LiO. The number of ether oxygens (including phenoxy) is 1. The van der Waals surface area contributed by atoms with Gasteiger partial charge in [0.05, 0.1) is 5.60 Å². The van der Waals surface area contributed by atoms with Gasteiger partial charge in [-0.3, -0.25) is 0 Å². The summed E-state index contributed by atoms with van der Waals surface area (Å²) in [7, 11) is 0. The molecule has 1 aliphatic heterocycles. The molecule has 1 aliphatic rings. The first-order valence-electron chi connectivity index (χ1n) is 2.46. The van der Waals surface area contributed by atoms with Crippen LogP contribution in [0.25, 0.3) is 0 Å². The standard InChI is InChI=1S/C6H9O.Li/c1-6(2)4-3-5-7-6;/h3H,4H2,1-2H3;/q-1;+1. The van der Waals surface area contributed by atoms with E-state index in [0.29, 0.717) is 0 Å². The summed E-state index contributed by atoms with van der Waals surface area (Å²) in [5.74, 6) is 0. The Balaban J connectivity index is 0.000000490. The van der Waals surface area contributed by atoms with Gasteiger partial charge in [-0.1, -0.05) is 0 Å². The van der Waals surface area contributed by atoms with Crippen LogP contribution in [-0.4, -0.2) is 5.60 Å². The van der Waals surface area contributed by atoms with Crippen molar-refractivity contribution in [3.05, 3.63) is 12.3 Å². The number of hydrogen-bond acceptors (Lipinski definition) is 1. The number of rotatable bonds is 0. The maximum absolute atomic E-state index is 5.03. The van der Waals surface area contributed by atoms with E-state index in [1.807, 2.05) is 19.9 Å². The van der Waals surface area contributed by atoms with Gasteiger partial charge in [0, 0.05) is 0 Å². The smallest absolute Gasteiger partial charge is 0.689 e. The molecule has 0 N–H and O–H groups in total. The fourth-order valence-electron chi connectivity index (χ4n) is 0.530. The van der Waals surface area contributed by atoms with Gasteiger partial charge in [-0.05, 0) is 20.3 Å². The Morgan fingerprint density at radius 2 is 2.25 bits per heavy atom. The Hall–Kier alpha value is 0.137. The van der Waals surface area contributed by atoms with Gasteiger partial charge in [0.25, 0.3) is 0 Å². The van der Waals surface area contributed by atoms with Crippen molar-refractivity contribution in [1.29, 1.82) is 0 Å². The Morgan fingerprint density at radius 3 is 2.38 bits per heavy atom. The van der Waals surface area contributed by atoms with Crippen LogP contribution in [0.5, 0.6) is 0 Å². The minimum Gasteiger partial charge on any atom is -0.689 e. The molecule has 1 rings (SSSR count). The maximum Gasteiger partial charge on any atom is 1.00 e. The SMILES string of the molecule is CC1(C)CC=[C-]O1.[Li+]. The van der Waals surface area contributed by atoms with Crippen molar-refractivity contribution in [3.8, 4) is 0 Å². The minimum atomic E-state index is 0. The van der Waals surface area contributed by atoms with Crippen molar-refractivity contribution in [3.63, 3.8) is 0 Å². The average molecular weight is 104 g/mol. The van der Waals surface area contributed by atoms with Crippen LogP contribution in [0.2, 0.25) is 0 Å². The van der Waals surface area contributed by atoms with Crippen LogP contribution in [0.1, 0.15) is 20.3 Å². The quantitative estimate of drug-likeness (QED) is 0.268. The van der Waals surface area contributed by atoms with E-state index in [0.717, 1.165) is 6.42 Å². The van der Waals surface area contributed by atoms with Crippen molar-refractivity contribution >= 4 is 0 Å². The summed E-state index contributed by atoms with van der Waals surface area (Å²) >= 11 is 0. The molecule has 2 heteroatoms. The second-order valence-electron chi connectivity index (χ2n) is 2.39. The molecule has 0 aromatic heterocycles. The molecule has 0 radical (unpaired) electrons. The minimum absolute atomic E-state index is 0. The Morgan fingerprint density at radius 1 is 1.62 bits per heavy atom. The third kappa shape index (κ3) is 1.94. The zero-order valence-corrected chi connectivity index (χ0v) is 5.69. The zero-order chi connectivity index (χ0) is 5.33. The van der Waals surface area contributed by atoms with Crippen LogP contribution in [0.4, 0.5) is 0 Å². The zero-order valence-electron chi connectivity index (χ0n) is 5.69. The summed E-state index contributed by atoms with van der Waals surface area (Å²) in [5, 5.41) is 0. The van der Waals surface area contributed by atoms with Gasteiger partial charge in [0.2, 0.25) is 0 Å². The predicted molar refractivity (Wildman–Crippen MR) is 27.6 cm³/mol. The van der Waals surface area contributed by atoms with E-state index in [4.69, 9.17) is 4.74 Å². The first kappa shape index (κ1) is 8.14. The summed E-state index contributed by atoms with van der Waals surface area (Å²) in [5.41, 5.74) is 0.0278. The molecule has 8 heavy (non-hydrogen) atoms. The molecule has 0 aromatic rings. The summed E-state index contributed by atoms with van der Waals surface area (Å²) in [6.45, 7) is 4.09. The Bertz CT molecular complexity index is 86.7. The maximum atomic E-state index is 5.03. The summed E-state index contributed by atoms with van der Waals surface area (Å²) in [6, 6.07) is 0. The molecule has 0 amide bonds. The van der Waals surface area contributed by atoms with Crippen molar-refractivity contribution in [2.45, 2.75) is 25.9 Å². The molecule has 0 saturated heterocycles. The Kier molecular flexibility index (Phi) is 2.66. The molecule has 0 bridgehead atoms. The van der Waals surface area contributed by atoms with Crippen LogP contribution < -0.4 is 18.9 Å². The fourth-order valence-corrected chi connectivity index (χ4v) is 0.530. The summed E-state index contributed by atoms with van der Waals surface area (Å²) in [4.78, 5) is 0.